The van der Waals surface area contributed by atoms with Crippen molar-refractivity contribution < 1.29 is 4.79 Å². The maximum atomic E-state index is 12.3. The third-order valence-corrected chi connectivity index (χ3v) is 6.77. The molecule has 3 nitrogen and oxygen atoms in total. The van der Waals surface area contributed by atoms with E-state index >= 15 is 0 Å². The summed E-state index contributed by atoms with van der Waals surface area (Å²) in [5.74, 6) is 2.14. The minimum Gasteiger partial charge on any atom is -0.398 e. The van der Waals surface area contributed by atoms with Crippen LogP contribution in [0, 0.1) is 28.6 Å². The summed E-state index contributed by atoms with van der Waals surface area (Å²) in [5, 5.41) is 9.42. The van der Waals surface area contributed by atoms with E-state index in [2.05, 4.69) is 19.1 Å². The molecule has 0 bridgehead atoms. The maximum absolute atomic E-state index is 12.3. The lowest BCUT2D eigenvalue weighted by atomic mass is 9.55. The molecular weight excluding hydrogens is 296 g/mol. The lowest BCUT2D eigenvalue weighted by Gasteiger charge is -2.48. The highest BCUT2D eigenvalue weighted by Gasteiger charge is 2.54. The fraction of sp³-hybridized carbons (Fsp3) is 0.619. The largest absolute Gasteiger partial charge is 0.398 e. The Morgan fingerprint density at radius 3 is 2.67 bits per heavy atom. The number of carbonyl (C=O) groups is 1. The molecule has 3 heteroatoms. The fourth-order valence-electron chi connectivity index (χ4n) is 5.59. The molecule has 4 rings (SSSR count). The number of benzene rings is 1. The van der Waals surface area contributed by atoms with Crippen LogP contribution in [0.5, 0.6) is 0 Å². The Morgan fingerprint density at radius 1 is 1.21 bits per heavy atom. The second kappa shape index (κ2) is 6.24. The van der Waals surface area contributed by atoms with Crippen molar-refractivity contribution in [2.24, 2.45) is 17.3 Å². The number of anilines is 1. The zero-order chi connectivity index (χ0) is 17.5. The number of nitrogen functional groups attached to an aromatic ring is 1. The van der Waals surface area contributed by atoms with Gasteiger partial charge in [-0.1, -0.05) is 26.8 Å². The first-order chi connectivity index (χ1) is 11.6. The zero-order valence-electron chi connectivity index (χ0n) is 15.1. The number of Topliss-reactive ketones (excluding diaryl/α,β-unsaturated/α-hetero) is 1. The highest BCUT2D eigenvalue weighted by atomic mass is 16.1. The Balaban J connectivity index is 0.000000815. The average Bonchev–Trinajstić information content (AvgIpc) is 2.91. The van der Waals surface area contributed by atoms with Gasteiger partial charge in [-0.3, -0.25) is 4.79 Å². The average molecular weight is 324 g/mol. The van der Waals surface area contributed by atoms with Gasteiger partial charge in [0.15, 0.2) is 0 Å². The van der Waals surface area contributed by atoms with E-state index in [0.29, 0.717) is 34.8 Å². The van der Waals surface area contributed by atoms with Crippen molar-refractivity contribution in [2.75, 3.05) is 5.73 Å². The van der Waals surface area contributed by atoms with Gasteiger partial charge in [0, 0.05) is 17.5 Å². The quantitative estimate of drug-likeness (QED) is 0.710. The monoisotopic (exact) mass is 324 g/mol. The van der Waals surface area contributed by atoms with Gasteiger partial charge in [-0.2, -0.15) is 5.26 Å². The molecule has 2 N–H and O–H groups in total. The van der Waals surface area contributed by atoms with Gasteiger partial charge in [-0.15, -0.1) is 0 Å². The van der Waals surface area contributed by atoms with Gasteiger partial charge in [0.05, 0.1) is 5.56 Å². The van der Waals surface area contributed by atoms with Gasteiger partial charge < -0.3 is 5.73 Å². The number of rotatable bonds is 0. The van der Waals surface area contributed by atoms with E-state index in [1.165, 1.54) is 11.1 Å². The molecule has 128 valence electrons. The van der Waals surface area contributed by atoms with E-state index in [4.69, 9.17) is 5.73 Å². The summed E-state index contributed by atoms with van der Waals surface area (Å²) >= 11 is 0. The number of carbonyl (C=O) groups excluding carboxylic acids is 1. The number of ketones is 1. The molecule has 0 aromatic heterocycles. The van der Waals surface area contributed by atoms with Crippen LogP contribution in [0.25, 0.3) is 0 Å². The van der Waals surface area contributed by atoms with E-state index in [9.17, 15) is 10.1 Å². The highest BCUT2D eigenvalue weighted by Crippen LogP contribution is 2.59. The first kappa shape index (κ1) is 17.0. The molecule has 24 heavy (non-hydrogen) atoms. The summed E-state index contributed by atoms with van der Waals surface area (Å²) in [4.78, 5) is 12.3. The van der Waals surface area contributed by atoms with Crippen LogP contribution in [0.2, 0.25) is 0 Å². The van der Waals surface area contributed by atoms with Crippen LogP contribution in [-0.4, -0.2) is 5.78 Å². The minimum atomic E-state index is -0.0788. The molecular formula is C21H28N2O. The van der Waals surface area contributed by atoms with Crippen LogP contribution in [0.4, 0.5) is 5.69 Å². The second-order valence-corrected chi connectivity index (χ2v) is 7.54. The predicted octanol–water partition coefficient (Wildman–Crippen LogP) is 4.59. The summed E-state index contributed by atoms with van der Waals surface area (Å²) in [7, 11) is 0. The molecule has 4 atom stereocenters. The zero-order valence-corrected chi connectivity index (χ0v) is 15.1. The molecule has 0 aliphatic heterocycles. The third-order valence-electron chi connectivity index (χ3n) is 6.77. The van der Waals surface area contributed by atoms with Gasteiger partial charge in [0.25, 0.3) is 0 Å². The van der Waals surface area contributed by atoms with Gasteiger partial charge >= 0.3 is 0 Å². The Kier molecular flexibility index (Phi) is 4.42. The predicted molar refractivity (Wildman–Crippen MR) is 96.5 cm³/mol. The van der Waals surface area contributed by atoms with Crippen LogP contribution < -0.4 is 5.73 Å². The van der Waals surface area contributed by atoms with Crippen molar-refractivity contribution in [1.82, 2.24) is 0 Å². The number of nitriles is 1. The summed E-state index contributed by atoms with van der Waals surface area (Å²) in [6.07, 6.45) is 5.94. The topological polar surface area (TPSA) is 66.9 Å². The lowest BCUT2D eigenvalue weighted by molar-refractivity contribution is -0.129. The SMILES string of the molecule is CC.C[C@]12CCC3c4ccc(N)c(C#N)c4CCC3C1CCC2=O. The molecule has 0 amide bonds. The molecule has 1 aromatic rings. The van der Waals surface area contributed by atoms with Crippen LogP contribution in [-0.2, 0) is 11.2 Å². The van der Waals surface area contributed by atoms with E-state index in [1.807, 2.05) is 19.9 Å². The molecule has 0 spiro atoms. The fourth-order valence-corrected chi connectivity index (χ4v) is 5.59. The Bertz CT molecular complexity index is 703. The van der Waals surface area contributed by atoms with Crippen molar-refractivity contribution in [3.63, 3.8) is 0 Å². The number of hydrogen-bond acceptors (Lipinski definition) is 3. The molecule has 2 saturated carbocycles. The van der Waals surface area contributed by atoms with Crippen molar-refractivity contribution >= 4 is 11.5 Å². The van der Waals surface area contributed by atoms with Gasteiger partial charge in [0.1, 0.15) is 11.9 Å². The van der Waals surface area contributed by atoms with Gasteiger partial charge in [-0.05, 0) is 67.1 Å². The van der Waals surface area contributed by atoms with Crippen molar-refractivity contribution in [2.45, 2.75) is 65.2 Å². The van der Waals surface area contributed by atoms with Crippen molar-refractivity contribution in [3.8, 4) is 6.07 Å². The summed E-state index contributed by atoms with van der Waals surface area (Å²) in [6.45, 7) is 6.20. The molecule has 2 fully saturated rings. The lowest BCUT2D eigenvalue weighted by Crippen LogP contribution is -2.42. The van der Waals surface area contributed by atoms with E-state index in [-0.39, 0.29) is 5.41 Å². The first-order valence-electron chi connectivity index (χ1n) is 9.41. The summed E-state index contributed by atoms with van der Waals surface area (Å²) in [6, 6.07) is 6.34. The minimum absolute atomic E-state index is 0.0788. The summed E-state index contributed by atoms with van der Waals surface area (Å²) in [5.41, 5.74) is 9.71. The Morgan fingerprint density at radius 2 is 1.96 bits per heavy atom. The third kappa shape index (κ3) is 2.27. The smallest absolute Gasteiger partial charge is 0.139 e. The first-order valence-corrected chi connectivity index (χ1v) is 9.41. The van der Waals surface area contributed by atoms with E-state index < -0.39 is 0 Å². The van der Waals surface area contributed by atoms with E-state index in [0.717, 1.165) is 38.5 Å². The molecule has 3 aliphatic carbocycles. The highest BCUT2D eigenvalue weighted by molar-refractivity contribution is 5.87. The van der Waals surface area contributed by atoms with Gasteiger partial charge in [0.2, 0.25) is 0 Å². The van der Waals surface area contributed by atoms with Crippen molar-refractivity contribution in [3.05, 3.63) is 28.8 Å². The number of fused-ring (bicyclic) bond motifs is 5. The van der Waals surface area contributed by atoms with E-state index in [1.54, 1.807) is 0 Å². The van der Waals surface area contributed by atoms with Crippen LogP contribution in [0.3, 0.4) is 0 Å². The maximum Gasteiger partial charge on any atom is 0.139 e. The molecule has 0 saturated heterocycles. The molecule has 0 heterocycles. The van der Waals surface area contributed by atoms with Crippen LogP contribution in [0.15, 0.2) is 12.1 Å². The molecule has 3 aliphatic rings. The van der Waals surface area contributed by atoms with Crippen molar-refractivity contribution in [1.29, 1.82) is 5.26 Å². The Hall–Kier alpha value is -1.82. The van der Waals surface area contributed by atoms with Crippen LogP contribution >= 0.6 is 0 Å². The number of hydrogen-bond donors (Lipinski definition) is 1. The summed E-state index contributed by atoms with van der Waals surface area (Å²) < 4.78 is 0. The van der Waals surface area contributed by atoms with Gasteiger partial charge in [-0.25, -0.2) is 0 Å². The standard InChI is InChI=1S/C19H22N2O.C2H6/c1-19-9-8-13-11-4-6-17(21)15(10-20)12(11)2-3-14(13)16(19)5-7-18(19)22;1-2/h4,6,13-14,16H,2-3,5,7-9,21H2,1H3;1-2H3/t13?,14?,16?,19-;/m0./s1. The normalized spacial score (nSPS) is 33.4. The number of nitrogens with zero attached hydrogens (tertiary/aromatic N) is 1. The Labute approximate surface area is 145 Å². The number of nitrogens with two attached hydrogens (primary N) is 1. The molecule has 0 radical (unpaired) electrons. The second-order valence-electron chi connectivity index (χ2n) is 7.54. The molecule has 3 unspecified atom stereocenters. The molecule has 1 aromatic carbocycles. The van der Waals surface area contributed by atoms with Crippen LogP contribution in [0.1, 0.15) is 75.5 Å².